The van der Waals surface area contributed by atoms with E-state index in [1.165, 1.54) is 38.0 Å². The molecule has 0 saturated heterocycles. The number of benzene rings is 7. The van der Waals surface area contributed by atoms with Crippen LogP contribution < -0.4 is 0 Å². The van der Waals surface area contributed by atoms with Gasteiger partial charge in [-0.2, -0.15) is 0 Å². The Morgan fingerprint density at radius 1 is 0.647 bits per heavy atom. The first-order chi connectivity index (χ1) is 33.4. The van der Waals surface area contributed by atoms with Gasteiger partial charge in [-0.1, -0.05) is 150 Å². The minimum absolute atomic E-state index is 0. The Kier molecular flexibility index (Phi) is 9.80. The normalized spacial score (nSPS) is 16.5. The summed E-state index contributed by atoms with van der Waals surface area (Å²) in [6, 6.07) is 55.0. The molecule has 1 aliphatic carbocycles. The van der Waals surface area contributed by atoms with Crippen LogP contribution in [0.1, 0.15) is 88.9 Å². The Morgan fingerprint density at radius 3 is 2.13 bits per heavy atom. The molecule has 0 aliphatic heterocycles. The summed E-state index contributed by atoms with van der Waals surface area (Å²) in [4.78, 5) is 9.42. The van der Waals surface area contributed by atoms with Gasteiger partial charge in [0.1, 0.15) is 5.58 Å². The van der Waals surface area contributed by atoms with Gasteiger partial charge < -0.3 is 18.8 Å². The number of para-hydroxylation sites is 1. The van der Waals surface area contributed by atoms with Crippen molar-refractivity contribution in [1.29, 1.82) is 0 Å². The van der Waals surface area contributed by atoms with Gasteiger partial charge in [-0.25, -0.2) is 0 Å². The molecule has 0 atom stereocenters. The zero-order chi connectivity index (χ0) is 48.5. The number of furan rings is 1. The fourth-order valence-electron chi connectivity index (χ4n) is 11.7. The van der Waals surface area contributed by atoms with Crippen molar-refractivity contribution in [1.82, 2.24) is 14.4 Å². The third-order valence-corrected chi connectivity index (χ3v) is 13.8. The van der Waals surface area contributed by atoms with Crippen LogP contribution >= 0.6 is 0 Å². The Bertz CT molecular complexity index is 4000. The standard InChI is InChI=1S/C47H37N2O.C16H18N.Ir/c1-46(2)23-30(24-47(3,4)26-46)29-18-20-40-37(21-29)32-11-7-12-33-38-25-48-39(22-41(38)49(40)43(32)33)36-14-8-13-34-35-19-17-28-16-15-27-9-5-6-10-31(27)42(28)45(35)50-44(34)36;1-16(2,3)11-13-9-10-15(17-12-13)14-7-5-4-6-8-14;/h5-13,15-22,25,30H,23-24,26H2,1-4H3;4-7,9-10,12H,11H2,1-3H3;/q2*-1;/i30D;11D2;. The van der Waals surface area contributed by atoms with Crippen LogP contribution in [0.4, 0.5) is 0 Å². The molecule has 68 heavy (non-hydrogen) atoms. The molecule has 7 aromatic carbocycles. The largest absolute Gasteiger partial charge is 0.500 e. The van der Waals surface area contributed by atoms with Crippen LogP contribution in [0.5, 0.6) is 0 Å². The second-order valence-corrected chi connectivity index (χ2v) is 21.4. The second-order valence-electron chi connectivity index (χ2n) is 21.4. The molecule has 5 aromatic heterocycles. The predicted octanol–water partition coefficient (Wildman–Crippen LogP) is 17.4. The van der Waals surface area contributed by atoms with Crippen LogP contribution in [0, 0.1) is 28.4 Å². The van der Waals surface area contributed by atoms with E-state index >= 15 is 0 Å². The summed E-state index contributed by atoms with van der Waals surface area (Å²) in [7, 11) is 0. The van der Waals surface area contributed by atoms with Crippen LogP contribution in [0.15, 0.2) is 156 Å². The van der Waals surface area contributed by atoms with E-state index in [4.69, 9.17) is 12.1 Å². The fraction of sp³-hybridized carbons (Fsp3) is 0.238. The maximum absolute atomic E-state index is 9.82. The fourth-order valence-corrected chi connectivity index (χ4v) is 11.7. The zero-order valence-corrected chi connectivity index (χ0v) is 42.0. The van der Waals surface area contributed by atoms with E-state index < -0.39 is 17.7 Å². The van der Waals surface area contributed by atoms with Gasteiger partial charge in [0, 0.05) is 74.4 Å². The van der Waals surface area contributed by atoms with Crippen molar-refractivity contribution in [2.45, 2.75) is 80.0 Å². The van der Waals surface area contributed by atoms with Crippen LogP contribution in [0.2, 0.25) is 0 Å². The van der Waals surface area contributed by atoms with Gasteiger partial charge in [0.25, 0.3) is 0 Å². The van der Waals surface area contributed by atoms with Crippen molar-refractivity contribution in [3.63, 3.8) is 0 Å². The SMILES string of the molecule is [2H]C([2H])(c1ccc(-c2[c-]cccc2)nc1)C(C)(C)C.[2H]C1(c2ccc3c(c2)c2cccc4c5cnc(-c6[c-]ccc7c6oc6c7ccc7ccc8ccccc8c76)cc5n3c24)CC(C)(C)CC(C)(C)C1.[Ir]. The summed E-state index contributed by atoms with van der Waals surface area (Å²) < 4.78 is 35.5. The number of rotatable bonds is 4. The smallest absolute Gasteiger partial charge is 0.129 e. The summed E-state index contributed by atoms with van der Waals surface area (Å²) in [5, 5.41) is 11.6. The number of hydrogen-bond donors (Lipinski definition) is 0. The molecule has 13 rings (SSSR count). The van der Waals surface area contributed by atoms with E-state index in [1.807, 2.05) is 69.4 Å². The van der Waals surface area contributed by atoms with E-state index in [-0.39, 0.29) is 30.9 Å². The van der Waals surface area contributed by atoms with Crippen LogP contribution in [0.3, 0.4) is 0 Å². The Balaban J connectivity index is 0.000000232. The molecule has 0 N–H and O–H groups in total. The zero-order valence-electron chi connectivity index (χ0n) is 42.6. The first kappa shape index (κ1) is 40.7. The molecule has 5 heteroatoms. The average Bonchev–Trinajstić information content (AvgIpc) is 4.00. The van der Waals surface area contributed by atoms with Crippen molar-refractivity contribution >= 4 is 81.6 Å². The Labute approximate surface area is 416 Å². The number of nitrogens with zero attached hydrogens (tertiary/aromatic N) is 3. The van der Waals surface area contributed by atoms with Crippen molar-refractivity contribution < 1.29 is 28.6 Å². The van der Waals surface area contributed by atoms with E-state index in [0.717, 1.165) is 91.0 Å². The monoisotopic (exact) mass is 1070 g/mol. The van der Waals surface area contributed by atoms with Gasteiger partial charge in [0.2, 0.25) is 0 Å². The number of pyridine rings is 2. The predicted molar refractivity (Wildman–Crippen MR) is 281 cm³/mol. The third-order valence-electron chi connectivity index (χ3n) is 13.8. The Hall–Kier alpha value is -6.39. The van der Waals surface area contributed by atoms with Crippen LogP contribution in [-0.4, -0.2) is 14.4 Å². The summed E-state index contributed by atoms with van der Waals surface area (Å²) in [5.41, 5.74) is 10.2. The van der Waals surface area contributed by atoms with E-state index in [9.17, 15) is 1.37 Å². The van der Waals surface area contributed by atoms with Gasteiger partial charge in [-0.3, -0.25) is 0 Å². The van der Waals surface area contributed by atoms with Crippen molar-refractivity contribution in [2.75, 3.05) is 0 Å². The molecular formula is C63H55IrN3O-2. The van der Waals surface area contributed by atoms with Crippen molar-refractivity contribution in [2.24, 2.45) is 16.2 Å². The third kappa shape index (κ3) is 7.65. The summed E-state index contributed by atoms with van der Waals surface area (Å²) in [6.45, 7) is 15.0. The van der Waals surface area contributed by atoms with Crippen molar-refractivity contribution in [3.8, 4) is 22.5 Å². The molecule has 0 bridgehead atoms. The molecule has 1 fully saturated rings. The number of hydrogen-bond acceptors (Lipinski definition) is 3. The van der Waals surface area contributed by atoms with E-state index in [1.54, 1.807) is 6.20 Å². The van der Waals surface area contributed by atoms with Gasteiger partial charge >= 0.3 is 0 Å². The van der Waals surface area contributed by atoms with Crippen LogP contribution in [-0.2, 0) is 26.5 Å². The average molecular weight is 1070 g/mol. The first-order valence-corrected chi connectivity index (χ1v) is 23.6. The molecule has 1 saturated carbocycles. The van der Waals surface area contributed by atoms with E-state index in [0.29, 0.717) is 5.56 Å². The maximum atomic E-state index is 9.82. The van der Waals surface area contributed by atoms with E-state index in [2.05, 4.69) is 146 Å². The summed E-state index contributed by atoms with van der Waals surface area (Å²) in [6.07, 6.45) is 5.13. The molecule has 1 radical (unpaired) electrons. The van der Waals surface area contributed by atoms with Crippen molar-refractivity contribution in [3.05, 3.63) is 175 Å². The summed E-state index contributed by atoms with van der Waals surface area (Å²) >= 11 is 0. The molecule has 339 valence electrons. The first-order valence-electron chi connectivity index (χ1n) is 25.1. The van der Waals surface area contributed by atoms with Gasteiger partial charge in [0.15, 0.2) is 0 Å². The van der Waals surface area contributed by atoms with Crippen LogP contribution in [0.25, 0.3) is 104 Å². The minimum atomic E-state index is -1.40. The molecule has 1 aliphatic rings. The number of fused-ring (bicyclic) bond motifs is 13. The molecule has 0 amide bonds. The van der Waals surface area contributed by atoms with Gasteiger partial charge in [-0.05, 0) is 98.6 Å². The summed E-state index contributed by atoms with van der Waals surface area (Å²) in [5.74, 6) is -0.622. The molecule has 4 nitrogen and oxygen atoms in total. The second kappa shape index (κ2) is 16.4. The molecule has 5 heterocycles. The molecule has 12 aromatic rings. The molecular weight excluding hydrogens is 1010 g/mol. The minimum Gasteiger partial charge on any atom is -0.500 e. The quantitative estimate of drug-likeness (QED) is 0.130. The molecule has 0 unspecified atom stereocenters. The molecule has 0 spiro atoms. The number of aromatic nitrogens is 3. The van der Waals surface area contributed by atoms with Gasteiger partial charge in [0.05, 0.1) is 16.6 Å². The topological polar surface area (TPSA) is 43.3 Å². The maximum Gasteiger partial charge on any atom is 0.129 e. The van der Waals surface area contributed by atoms with Gasteiger partial charge in [-0.15, -0.1) is 54.1 Å². The Morgan fingerprint density at radius 2 is 1.37 bits per heavy atom.